The van der Waals surface area contributed by atoms with Gasteiger partial charge in [0.1, 0.15) is 5.69 Å². The SMILES string of the molecule is CN1CCC2CN(C(=O)c3csc(Cc4ccccc4)n3)CC21. The Hall–Kier alpha value is -1.72. The first-order valence-electron chi connectivity index (χ1n) is 8.18. The zero-order chi connectivity index (χ0) is 15.8. The van der Waals surface area contributed by atoms with Crippen molar-refractivity contribution in [2.75, 3.05) is 26.7 Å². The summed E-state index contributed by atoms with van der Waals surface area (Å²) in [6.45, 7) is 2.90. The standard InChI is InChI=1S/C18H21N3OS/c1-20-8-7-14-10-21(11-16(14)20)18(22)15-12-23-17(19-15)9-13-5-3-2-4-6-13/h2-6,12,14,16H,7-11H2,1H3. The lowest BCUT2D eigenvalue weighted by molar-refractivity contribution is 0.0769. The molecule has 0 saturated carbocycles. The molecule has 1 aromatic heterocycles. The molecule has 2 aliphatic rings. The van der Waals surface area contributed by atoms with Crippen molar-refractivity contribution < 1.29 is 4.79 Å². The number of likely N-dealkylation sites (N-methyl/N-ethyl adjacent to an activating group) is 1. The third-order valence-electron chi connectivity index (χ3n) is 5.08. The first kappa shape index (κ1) is 14.8. The largest absolute Gasteiger partial charge is 0.335 e. The average molecular weight is 327 g/mol. The maximum absolute atomic E-state index is 12.7. The van der Waals surface area contributed by atoms with Crippen molar-refractivity contribution in [2.45, 2.75) is 18.9 Å². The third-order valence-corrected chi connectivity index (χ3v) is 5.93. The van der Waals surface area contributed by atoms with E-state index in [4.69, 9.17) is 0 Å². The molecule has 0 aliphatic carbocycles. The fourth-order valence-corrected chi connectivity index (χ4v) is 4.56. The highest BCUT2D eigenvalue weighted by Gasteiger charge is 2.41. The Bertz CT molecular complexity index is 699. The minimum atomic E-state index is 0.100. The number of hydrogen-bond acceptors (Lipinski definition) is 4. The van der Waals surface area contributed by atoms with Crippen molar-refractivity contribution in [3.63, 3.8) is 0 Å². The molecule has 2 unspecified atom stereocenters. The second-order valence-corrected chi connectivity index (χ2v) is 7.54. The van der Waals surface area contributed by atoms with Crippen LogP contribution in [0.15, 0.2) is 35.7 Å². The Morgan fingerprint density at radius 3 is 2.91 bits per heavy atom. The first-order valence-corrected chi connectivity index (χ1v) is 9.06. The van der Waals surface area contributed by atoms with Gasteiger partial charge in [0, 0.05) is 30.9 Å². The van der Waals surface area contributed by atoms with Crippen LogP contribution in [-0.4, -0.2) is 53.4 Å². The summed E-state index contributed by atoms with van der Waals surface area (Å²) < 4.78 is 0. The second-order valence-electron chi connectivity index (χ2n) is 6.60. The number of carbonyl (C=O) groups excluding carboxylic acids is 1. The Kier molecular flexibility index (Phi) is 3.91. The molecule has 1 aromatic carbocycles. The molecule has 3 heterocycles. The predicted octanol–water partition coefficient (Wildman–Crippen LogP) is 2.51. The number of aromatic nitrogens is 1. The van der Waals surface area contributed by atoms with E-state index >= 15 is 0 Å². The molecule has 120 valence electrons. The predicted molar refractivity (Wildman–Crippen MR) is 91.8 cm³/mol. The Balaban J connectivity index is 1.44. The molecule has 2 saturated heterocycles. The molecule has 0 radical (unpaired) electrons. The number of amides is 1. The number of nitrogens with zero attached hydrogens (tertiary/aromatic N) is 3. The number of carbonyl (C=O) groups is 1. The molecular weight excluding hydrogens is 306 g/mol. The van der Waals surface area contributed by atoms with E-state index in [0.29, 0.717) is 17.7 Å². The molecule has 5 heteroatoms. The molecule has 4 rings (SSSR count). The van der Waals surface area contributed by atoms with Crippen molar-refractivity contribution >= 4 is 17.2 Å². The summed E-state index contributed by atoms with van der Waals surface area (Å²) in [6, 6.07) is 10.8. The first-order chi connectivity index (χ1) is 11.2. The van der Waals surface area contributed by atoms with Gasteiger partial charge in [-0.05, 0) is 31.5 Å². The fraction of sp³-hybridized carbons (Fsp3) is 0.444. The molecule has 0 bridgehead atoms. The molecule has 23 heavy (non-hydrogen) atoms. The minimum Gasteiger partial charge on any atom is -0.335 e. The summed E-state index contributed by atoms with van der Waals surface area (Å²) in [5.41, 5.74) is 1.85. The summed E-state index contributed by atoms with van der Waals surface area (Å²) in [4.78, 5) is 21.7. The van der Waals surface area contributed by atoms with E-state index < -0.39 is 0 Å². The quantitative estimate of drug-likeness (QED) is 0.869. The van der Waals surface area contributed by atoms with Gasteiger partial charge in [0.05, 0.1) is 5.01 Å². The molecule has 0 spiro atoms. The highest BCUT2D eigenvalue weighted by atomic mass is 32.1. The van der Waals surface area contributed by atoms with Crippen LogP contribution in [0, 0.1) is 5.92 Å². The van der Waals surface area contributed by atoms with Crippen molar-refractivity contribution in [3.05, 3.63) is 52.0 Å². The number of rotatable bonds is 3. The summed E-state index contributed by atoms with van der Waals surface area (Å²) in [7, 11) is 2.17. The molecule has 2 atom stereocenters. The zero-order valence-electron chi connectivity index (χ0n) is 13.3. The van der Waals surface area contributed by atoms with Crippen molar-refractivity contribution in [1.82, 2.24) is 14.8 Å². The molecule has 2 aliphatic heterocycles. The van der Waals surface area contributed by atoms with E-state index in [1.165, 1.54) is 12.0 Å². The average Bonchev–Trinajstić information content (AvgIpc) is 3.26. The number of likely N-dealkylation sites (tertiary alicyclic amines) is 2. The van der Waals surface area contributed by atoms with Gasteiger partial charge in [-0.15, -0.1) is 11.3 Å². The van der Waals surface area contributed by atoms with Crippen molar-refractivity contribution in [2.24, 2.45) is 5.92 Å². The van der Waals surface area contributed by atoms with Gasteiger partial charge in [0.25, 0.3) is 5.91 Å². The van der Waals surface area contributed by atoms with Crippen LogP contribution in [0.4, 0.5) is 0 Å². The van der Waals surface area contributed by atoms with Gasteiger partial charge in [0.15, 0.2) is 0 Å². The van der Waals surface area contributed by atoms with Crippen LogP contribution < -0.4 is 0 Å². The van der Waals surface area contributed by atoms with E-state index in [1.54, 1.807) is 11.3 Å². The van der Waals surface area contributed by atoms with E-state index in [-0.39, 0.29) is 5.91 Å². The highest BCUT2D eigenvalue weighted by Crippen LogP contribution is 2.31. The number of fused-ring (bicyclic) bond motifs is 1. The maximum atomic E-state index is 12.7. The van der Waals surface area contributed by atoms with Crippen LogP contribution in [0.2, 0.25) is 0 Å². The molecule has 2 aromatic rings. The third kappa shape index (κ3) is 2.91. The van der Waals surface area contributed by atoms with Crippen molar-refractivity contribution in [3.8, 4) is 0 Å². The van der Waals surface area contributed by atoms with E-state index in [1.807, 2.05) is 28.5 Å². The van der Waals surface area contributed by atoms with Gasteiger partial charge in [0.2, 0.25) is 0 Å². The normalized spacial score (nSPS) is 24.1. The lowest BCUT2D eigenvalue weighted by Crippen LogP contribution is -2.35. The fourth-order valence-electron chi connectivity index (χ4n) is 3.76. The van der Waals surface area contributed by atoms with Crippen LogP contribution in [0.25, 0.3) is 0 Å². The van der Waals surface area contributed by atoms with Gasteiger partial charge < -0.3 is 9.80 Å². The summed E-state index contributed by atoms with van der Waals surface area (Å²) in [5.74, 6) is 0.745. The van der Waals surface area contributed by atoms with Crippen LogP contribution in [0.3, 0.4) is 0 Å². The van der Waals surface area contributed by atoms with Gasteiger partial charge in [-0.2, -0.15) is 0 Å². The lowest BCUT2D eigenvalue weighted by atomic mass is 10.1. The van der Waals surface area contributed by atoms with Gasteiger partial charge >= 0.3 is 0 Å². The van der Waals surface area contributed by atoms with Crippen molar-refractivity contribution in [1.29, 1.82) is 0 Å². The molecule has 1 amide bonds. The maximum Gasteiger partial charge on any atom is 0.273 e. The monoisotopic (exact) mass is 327 g/mol. The van der Waals surface area contributed by atoms with E-state index in [2.05, 4.69) is 29.1 Å². The van der Waals surface area contributed by atoms with Crippen LogP contribution in [-0.2, 0) is 6.42 Å². The number of benzene rings is 1. The Labute approximate surface area is 140 Å². The topological polar surface area (TPSA) is 36.4 Å². The number of hydrogen-bond donors (Lipinski definition) is 0. The van der Waals surface area contributed by atoms with E-state index in [0.717, 1.165) is 31.1 Å². The smallest absolute Gasteiger partial charge is 0.273 e. The summed E-state index contributed by atoms with van der Waals surface area (Å²) in [6.07, 6.45) is 2.01. The van der Waals surface area contributed by atoms with Gasteiger partial charge in [-0.25, -0.2) is 4.98 Å². The number of thiazole rings is 1. The van der Waals surface area contributed by atoms with Gasteiger partial charge in [-0.1, -0.05) is 30.3 Å². The van der Waals surface area contributed by atoms with Crippen LogP contribution in [0.5, 0.6) is 0 Å². The molecular formula is C18H21N3OS. The molecule has 0 N–H and O–H groups in total. The van der Waals surface area contributed by atoms with Crippen LogP contribution >= 0.6 is 11.3 Å². The summed E-state index contributed by atoms with van der Waals surface area (Å²) in [5, 5.41) is 2.93. The minimum absolute atomic E-state index is 0.100. The zero-order valence-corrected chi connectivity index (χ0v) is 14.1. The second kappa shape index (κ2) is 6.06. The van der Waals surface area contributed by atoms with E-state index in [9.17, 15) is 4.79 Å². The highest BCUT2D eigenvalue weighted by molar-refractivity contribution is 7.09. The molecule has 2 fully saturated rings. The summed E-state index contributed by atoms with van der Waals surface area (Å²) >= 11 is 1.58. The molecule has 4 nitrogen and oxygen atoms in total. The van der Waals surface area contributed by atoms with Crippen LogP contribution in [0.1, 0.15) is 27.5 Å². The van der Waals surface area contributed by atoms with Gasteiger partial charge in [-0.3, -0.25) is 4.79 Å². The lowest BCUT2D eigenvalue weighted by Gasteiger charge is -2.20. The Morgan fingerprint density at radius 2 is 2.13 bits per heavy atom. The Morgan fingerprint density at radius 1 is 1.30 bits per heavy atom.